The van der Waals surface area contributed by atoms with Crippen LogP contribution in [-0.4, -0.2) is 26.3 Å². The second kappa shape index (κ2) is 6.58. The SMILES string of the molecule is Cc1c(N2C(=O)C(=O)N(c3ccccc3)C2=S)c(=O)n(-c2ccccc2)n1C. The summed E-state index contributed by atoms with van der Waals surface area (Å²) in [7, 11) is 1.72. The molecule has 0 bridgehead atoms. The number of hydrogen-bond donors (Lipinski definition) is 0. The van der Waals surface area contributed by atoms with Crippen LogP contribution in [0, 0.1) is 6.92 Å². The number of nitrogens with zero attached hydrogens (tertiary/aromatic N) is 4. The largest absolute Gasteiger partial charge is 0.323 e. The van der Waals surface area contributed by atoms with Crippen LogP contribution >= 0.6 is 12.2 Å². The number of aromatic nitrogens is 2. The highest BCUT2D eigenvalue weighted by Crippen LogP contribution is 2.28. The minimum atomic E-state index is -0.847. The van der Waals surface area contributed by atoms with E-state index in [4.69, 9.17) is 12.2 Å². The van der Waals surface area contributed by atoms with Crippen molar-refractivity contribution in [2.45, 2.75) is 6.92 Å². The Hall–Kier alpha value is -3.52. The smallest absolute Gasteiger partial charge is 0.283 e. The van der Waals surface area contributed by atoms with Gasteiger partial charge in [-0.1, -0.05) is 36.4 Å². The molecule has 3 aromatic rings. The van der Waals surface area contributed by atoms with Crippen LogP contribution in [0.5, 0.6) is 0 Å². The molecule has 0 aliphatic carbocycles. The Labute approximate surface area is 166 Å². The first-order chi connectivity index (χ1) is 13.4. The molecule has 28 heavy (non-hydrogen) atoms. The van der Waals surface area contributed by atoms with E-state index in [1.54, 1.807) is 61.1 Å². The molecule has 1 aliphatic heterocycles. The van der Waals surface area contributed by atoms with Crippen molar-refractivity contribution in [3.05, 3.63) is 76.7 Å². The van der Waals surface area contributed by atoms with E-state index >= 15 is 0 Å². The second-order valence-electron chi connectivity index (χ2n) is 6.31. The summed E-state index contributed by atoms with van der Waals surface area (Å²) >= 11 is 5.42. The molecule has 8 heteroatoms. The number of hydrogen-bond acceptors (Lipinski definition) is 4. The lowest BCUT2D eigenvalue weighted by Crippen LogP contribution is -2.36. The molecule has 4 rings (SSSR count). The Bertz CT molecular complexity index is 1170. The number of carbonyl (C=O) groups excluding carboxylic acids is 2. The minimum absolute atomic E-state index is 0.0350. The molecule has 1 fully saturated rings. The molecule has 0 atom stereocenters. The molecule has 0 N–H and O–H groups in total. The maximum absolute atomic E-state index is 13.2. The molecule has 0 radical (unpaired) electrons. The molecule has 0 saturated carbocycles. The van der Waals surface area contributed by atoms with Crippen molar-refractivity contribution >= 4 is 40.5 Å². The molecule has 2 heterocycles. The van der Waals surface area contributed by atoms with E-state index in [1.165, 1.54) is 4.68 Å². The lowest BCUT2D eigenvalue weighted by molar-refractivity contribution is -0.133. The zero-order valence-corrected chi connectivity index (χ0v) is 16.0. The van der Waals surface area contributed by atoms with E-state index in [9.17, 15) is 14.4 Å². The third kappa shape index (κ3) is 2.49. The lowest BCUT2D eigenvalue weighted by atomic mass is 10.3. The van der Waals surface area contributed by atoms with Crippen LogP contribution in [0.4, 0.5) is 11.4 Å². The third-order valence-corrected chi connectivity index (χ3v) is 5.10. The normalized spacial score (nSPS) is 14.3. The number of amides is 2. The van der Waals surface area contributed by atoms with Gasteiger partial charge in [-0.15, -0.1) is 0 Å². The van der Waals surface area contributed by atoms with Gasteiger partial charge in [-0.2, -0.15) is 0 Å². The van der Waals surface area contributed by atoms with E-state index in [-0.39, 0.29) is 10.8 Å². The van der Waals surface area contributed by atoms with Crippen LogP contribution in [0.3, 0.4) is 0 Å². The van der Waals surface area contributed by atoms with Gasteiger partial charge in [0.25, 0.3) is 5.56 Å². The van der Waals surface area contributed by atoms with Crippen molar-refractivity contribution in [1.29, 1.82) is 0 Å². The van der Waals surface area contributed by atoms with Crippen LogP contribution in [0.25, 0.3) is 5.69 Å². The lowest BCUT2D eigenvalue weighted by Gasteiger charge is -2.17. The Kier molecular flexibility index (Phi) is 4.20. The molecular formula is C20H16N4O3S. The first-order valence-electron chi connectivity index (χ1n) is 8.55. The van der Waals surface area contributed by atoms with E-state index in [2.05, 4.69) is 0 Å². The predicted molar refractivity (Wildman–Crippen MR) is 110 cm³/mol. The van der Waals surface area contributed by atoms with Gasteiger partial charge in [-0.3, -0.25) is 19.1 Å². The molecule has 140 valence electrons. The first-order valence-corrected chi connectivity index (χ1v) is 8.96. The summed E-state index contributed by atoms with van der Waals surface area (Å²) in [5.41, 5.74) is 1.29. The zero-order chi connectivity index (χ0) is 20.0. The highest BCUT2D eigenvalue weighted by atomic mass is 32.1. The minimum Gasteiger partial charge on any atom is -0.283 e. The zero-order valence-electron chi connectivity index (χ0n) is 15.2. The Morgan fingerprint density at radius 2 is 1.25 bits per heavy atom. The fourth-order valence-corrected chi connectivity index (χ4v) is 3.64. The van der Waals surface area contributed by atoms with Gasteiger partial charge in [0, 0.05) is 7.05 Å². The Morgan fingerprint density at radius 3 is 1.82 bits per heavy atom. The number of rotatable bonds is 3. The molecule has 2 aromatic carbocycles. The average molecular weight is 392 g/mol. The maximum atomic E-state index is 13.2. The molecule has 1 saturated heterocycles. The van der Waals surface area contributed by atoms with Crippen molar-refractivity contribution in [2.24, 2.45) is 7.05 Å². The standard InChI is InChI=1S/C20H16N4O3S/c1-13-16(17(25)24(21(13)2)15-11-7-4-8-12-15)23-19(27)18(26)22(20(23)28)14-9-5-3-6-10-14/h3-12H,1-2H3. The molecular weight excluding hydrogens is 376 g/mol. The van der Waals surface area contributed by atoms with Gasteiger partial charge in [-0.05, 0) is 43.4 Å². The summed E-state index contributed by atoms with van der Waals surface area (Å²) in [6.45, 7) is 1.71. The van der Waals surface area contributed by atoms with Crippen LogP contribution in [-0.2, 0) is 16.6 Å². The topological polar surface area (TPSA) is 67.6 Å². The monoisotopic (exact) mass is 392 g/mol. The van der Waals surface area contributed by atoms with Crippen molar-refractivity contribution < 1.29 is 9.59 Å². The van der Waals surface area contributed by atoms with Gasteiger partial charge in [-0.25, -0.2) is 14.5 Å². The predicted octanol–water partition coefficient (Wildman–Crippen LogP) is 2.15. The van der Waals surface area contributed by atoms with E-state index in [0.717, 1.165) is 9.80 Å². The summed E-state index contributed by atoms with van der Waals surface area (Å²) in [4.78, 5) is 40.7. The van der Waals surface area contributed by atoms with Crippen molar-refractivity contribution in [3.8, 4) is 5.69 Å². The maximum Gasteiger partial charge on any atom is 0.323 e. The number of para-hydroxylation sites is 2. The van der Waals surface area contributed by atoms with Crippen molar-refractivity contribution in [3.63, 3.8) is 0 Å². The van der Waals surface area contributed by atoms with Crippen LogP contribution in [0.1, 0.15) is 5.69 Å². The van der Waals surface area contributed by atoms with E-state index in [1.807, 2.05) is 18.2 Å². The van der Waals surface area contributed by atoms with E-state index in [0.29, 0.717) is 17.1 Å². The molecule has 2 amide bonds. The molecule has 0 spiro atoms. The summed E-state index contributed by atoms with van der Waals surface area (Å²) < 4.78 is 3.08. The fourth-order valence-electron chi connectivity index (χ4n) is 3.28. The number of benzene rings is 2. The van der Waals surface area contributed by atoms with Gasteiger partial charge in [0.05, 0.1) is 17.1 Å². The van der Waals surface area contributed by atoms with Crippen molar-refractivity contribution in [1.82, 2.24) is 9.36 Å². The molecule has 1 aliphatic rings. The second-order valence-corrected chi connectivity index (χ2v) is 6.67. The van der Waals surface area contributed by atoms with Crippen LogP contribution in [0.2, 0.25) is 0 Å². The summed E-state index contributed by atoms with van der Waals surface area (Å²) in [6.07, 6.45) is 0. The highest BCUT2D eigenvalue weighted by Gasteiger charge is 2.45. The Balaban J connectivity index is 1.87. The van der Waals surface area contributed by atoms with Gasteiger partial charge in [0.2, 0.25) is 0 Å². The highest BCUT2D eigenvalue weighted by molar-refractivity contribution is 7.81. The van der Waals surface area contributed by atoms with Crippen LogP contribution < -0.4 is 15.4 Å². The van der Waals surface area contributed by atoms with E-state index < -0.39 is 17.4 Å². The summed E-state index contributed by atoms with van der Waals surface area (Å²) in [5, 5.41) is -0.0350. The van der Waals surface area contributed by atoms with Gasteiger partial charge >= 0.3 is 11.8 Å². The molecule has 0 unspecified atom stereocenters. The summed E-state index contributed by atoms with van der Waals surface area (Å²) in [5.74, 6) is -1.63. The average Bonchev–Trinajstić information content (AvgIpc) is 3.06. The number of anilines is 2. The quantitative estimate of drug-likeness (QED) is 0.506. The first kappa shape index (κ1) is 17.9. The summed E-state index contributed by atoms with van der Waals surface area (Å²) in [6, 6.07) is 17.7. The van der Waals surface area contributed by atoms with Crippen LogP contribution in [0.15, 0.2) is 65.5 Å². The third-order valence-electron chi connectivity index (χ3n) is 4.73. The fraction of sp³-hybridized carbons (Fsp3) is 0.100. The van der Waals surface area contributed by atoms with Gasteiger partial charge in [0.1, 0.15) is 5.69 Å². The van der Waals surface area contributed by atoms with Gasteiger partial charge in [0.15, 0.2) is 5.11 Å². The number of carbonyl (C=O) groups is 2. The van der Waals surface area contributed by atoms with Crippen molar-refractivity contribution in [2.75, 3.05) is 9.80 Å². The van der Waals surface area contributed by atoms with Gasteiger partial charge < -0.3 is 0 Å². The number of thiocarbonyl (C=S) groups is 1. The Morgan fingerprint density at radius 1 is 0.750 bits per heavy atom. The molecule has 7 nitrogen and oxygen atoms in total. The molecule has 1 aromatic heterocycles.